The topological polar surface area (TPSA) is 74.6 Å². The summed E-state index contributed by atoms with van der Waals surface area (Å²) in [6.07, 6.45) is 2.01. The van der Waals surface area contributed by atoms with E-state index in [-0.39, 0.29) is 11.8 Å². The molecule has 102 valence electrons. The molecule has 1 aromatic rings. The number of rotatable bonds is 6. The maximum Gasteiger partial charge on any atom is 0.342 e. The normalized spacial score (nSPS) is 13.4. The highest BCUT2D eigenvalue weighted by Gasteiger charge is 2.18. The number of hydrogen-bond donors (Lipinski definition) is 2. The quantitative estimate of drug-likeness (QED) is 0.469. The third kappa shape index (κ3) is 4.58. The van der Waals surface area contributed by atoms with Gasteiger partial charge in [-0.1, -0.05) is 50.3 Å². The van der Waals surface area contributed by atoms with E-state index in [4.69, 9.17) is 10.2 Å². The monoisotopic (exact) mass is 262 g/mol. The van der Waals surface area contributed by atoms with E-state index in [1.54, 1.807) is 0 Å². The van der Waals surface area contributed by atoms with Crippen LogP contribution in [0.4, 0.5) is 0 Å². The summed E-state index contributed by atoms with van der Waals surface area (Å²) in [7, 11) is 0. The van der Waals surface area contributed by atoms with E-state index in [1.807, 2.05) is 44.2 Å². The maximum atomic E-state index is 10.8. The van der Waals surface area contributed by atoms with Crippen LogP contribution in [0.2, 0.25) is 0 Å². The van der Waals surface area contributed by atoms with Gasteiger partial charge in [-0.25, -0.2) is 9.59 Å². The molecule has 2 N–H and O–H groups in total. The van der Waals surface area contributed by atoms with E-state index in [2.05, 4.69) is 0 Å². The van der Waals surface area contributed by atoms with Crippen LogP contribution in [0.3, 0.4) is 0 Å². The number of carboxylic acids is 2. The molecule has 4 heteroatoms. The van der Waals surface area contributed by atoms with Gasteiger partial charge in [-0.05, 0) is 23.8 Å². The van der Waals surface area contributed by atoms with Crippen molar-refractivity contribution in [3.8, 4) is 0 Å². The van der Waals surface area contributed by atoms with Gasteiger partial charge in [-0.15, -0.1) is 0 Å². The number of carboxylic acid groups (broad SMARTS) is 2. The highest BCUT2D eigenvalue weighted by atomic mass is 16.4. The Morgan fingerprint density at radius 3 is 2.11 bits per heavy atom. The number of allylic oxidation sites excluding steroid dienone is 1. The van der Waals surface area contributed by atoms with Gasteiger partial charge in [0.25, 0.3) is 0 Å². The fraction of sp³-hybridized carbons (Fsp3) is 0.333. The average molecular weight is 262 g/mol. The zero-order valence-corrected chi connectivity index (χ0v) is 11.0. The molecule has 19 heavy (non-hydrogen) atoms. The minimum Gasteiger partial charge on any atom is -0.477 e. The standard InChI is InChI=1S/C15H18O4/c1-10(9-13(14(16)17)15(18)19)8-11(2)12-6-4-3-5-7-12/h3-7,9-11H,8H2,1-2H3,(H,16,17)(H,18,19). The first kappa shape index (κ1) is 15.0. The second kappa shape index (κ2) is 6.73. The summed E-state index contributed by atoms with van der Waals surface area (Å²) in [6, 6.07) is 9.86. The van der Waals surface area contributed by atoms with Gasteiger partial charge in [0.2, 0.25) is 0 Å². The van der Waals surface area contributed by atoms with E-state index in [9.17, 15) is 9.59 Å². The Morgan fingerprint density at radius 1 is 1.11 bits per heavy atom. The van der Waals surface area contributed by atoms with E-state index in [0.29, 0.717) is 6.42 Å². The SMILES string of the molecule is CC(C=C(C(=O)O)C(=O)O)CC(C)c1ccccc1. The summed E-state index contributed by atoms with van der Waals surface area (Å²) < 4.78 is 0. The molecule has 4 nitrogen and oxygen atoms in total. The fourth-order valence-corrected chi connectivity index (χ4v) is 2.06. The van der Waals surface area contributed by atoms with Crippen LogP contribution in [0.5, 0.6) is 0 Å². The second-order valence-electron chi connectivity index (χ2n) is 4.72. The lowest BCUT2D eigenvalue weighted by Crippen LogP contribution is -2.13. The molecule has 0 amide bonds. The summed E-state index contributed by atoms with van der Waals surface area (Å²) in [5, 5.41) is 17.6. The summed E-state index contributed by atoms with van der Waals surface area (Å²) in [6.45, 7) is 3.87. The van der Waals surface area contributed by atoms with Crippen molar-refractivity contribution in [1.82, 2.24) is 0 Å². The molecule has 0 aliphatic rings. The number of carbonyl (C=O) groups is 2. The van der Waals surface area contributed by atoms with Gasteiger partial charge < -0.3 is 10.2 Å². The summed E-state index contributed by atoms with van der Waals surface area (Å²) in [5.41, 5.74) is 0.600. The van der Waals surface area contributed by atoms with Crippen molar-refractivity contribution in [2.75, 3.05) is 0 Å². The van der Waals surface area contributed by atoms with E-state index in [1.165, 1.54) is 6.08 Å². The lowest BCUT2D eigenvalue weighted by Gasteiger charge is -2.15. The first-order valence-electron chi connectivity index (χ1n) is 6.15. The summed E-state index contributed by atoms with van der Waals surface area (Å²) in [5.74, 6) is -2.66. The Hall–Kier alpha value is -2.10. The molecule has 0 heterocycles. The molecular weight excluding hydrogens is 244 g/mol. The first-order chi connectivity index (χ1) is 8.91. The van der Waals surface area contributed by atoms with E-state index >= 15 is 0 Å². The lowest BCUT2D eigenvalue weighted by molar-refractivity contribution is -0.140. The smallest absolute Gasteiger partial charge is 0.342 e. The van der Waals surface area contributed by atoms with Crippen molar-refractivity contribution < 1.29 is 19.8 Å². The van der Waals surface area contributed by atoms with Crippen LogP contribution >= 0.6 is 0 Å². The zero-order chi connectivity index (χ0) is 14.4. The van der Waals surface area contributed by atoms with E-state index < -0.39 is 17.5 Å². The third-order valence-electron chi connectivity index (χ3n) is 3.01. The van der Waals surface area contributed by atoms with Gasteiger partial charge in [0.1, 0.15) is 5.57 Å². The molecule has 1 aromatic carbocycles. The number of benzene rings is 1. The van der Waals surface area contributed by atoms with Crippen LogP contribution in [0.1, 0.15) is 31.7 Å². The van der Waals surface area contributed by atoms with Crippen LogP contribution in [0.25, 0.3) is 0 Å². The van der Waals surface area contributed by atoms with Gasteiger partial charge in [0.15, 0.2) is 0 Å². The molecular formula is C15H18O4. The predicted molar refractivity (Wildman–Crippen MR) is 72.0 cm³/mol. The maximum absolute atomic E-state index is 10.8. The van der Waals surface area contributed by atoms with Crippen molar-refractivity contribution in [1.29, 1.82) is 0 Å². The molecule has 0 radical (unpaired) electrons. The van der Waals surface area contributed by atoms with Gasteiger partial charge in [-0.3, -0.25) is 0 Å². The highest BCUT2D eigenvalue weighted by molar-refractivity contribution is 6.12. The van der Waals surface area contributed by atoms with Crippen LogP contribution < -0.4 is 0 Å². The molecule has 2 unspecified atom stereocenters. The molecule has 1 rings (SSSR count). The Labute approximate surface area is 112 Å². The average Bonchev–Trinajstić information content (AvgIpc) is 2.36. The molecule has 0 aromatic heterocycles. The number of aliphatic carboxylic acids is 2. The Balaban J connectivity index is 2.74. The molecule has 0 saturated carbocycles. The highest BCUT2D eigenvalue weighted by Crippen LogP contribution is 2.24. The molecule has 0 fully saturated rings. The zero-order valence-electron chi connectivity index (χ0n) is 11.0. The van der Waals surface area contributed by atoms with Crippen LogP contribution in [0.15, 0.2) is 42.0 Å². The van der Waals surface area contributed by atoms with Crippen LogP contribution in [0, 0.1) is 5.92 Å². The molecule has 2 atom stereocenters. The molecule has 0 bridgehead atoms. The largest absolute Gasteiger partial charge is 0.477 e. The summed E-state index contributed by atoms with van der Waals surface area (Å²) in [4.78, 5) is 21.6. The molecule has 0 saturated heterocycles. The van der Waals surface area contributed by atoms with E-state index in [0.717, 1.165) is 5.56 Å². The minimum atomic E-state index is -1.40. The summed E-state index contributed by atoms with van der Waals surface area (Å²) >= 11 is 0. The van der Waals surface area contributed by atoms with Crippen LogP contribution in [-0.2, 0) is 9.59 Å². The number of hydrogen-bond acceptors (Lipinski definition) is 2. The van der Waals surface area contributed by atoms with Crippen molar-refractivity contribution in [2.45, 2.75) is 26.2 Å². The van der Waals surface area contributed by atoms with Gasteiger partial charge in [0, 0.05) is 0 Å². The minimum absolute atomic E-state index is 0.114. The Bertz CT molecular complexity index is 460. The molecule has 0 aliphatic carbocycles. The lowest BCUT2D eigenvalue weighted by atomic mass is 9.90. The van der Waals surface area contributed by atoms with Crippen LogP contribution in [-0.4, -0.2) is 22.2 Å². The van der Waals surface area contributed by atoms with Crippen molar-refractivity contribution in [2.24, 2.45) is 5.92 Å². The molecule has 0 aliphatic heterocycles. The first-order valence-corrected chi connectivity index (χ1v) is 6.15. The van der Waals surface area contributed by atoms with Gasteiger partial charge >= 0.3 is 11.9 Å². The predicted octanol–water partition coefficient (Wildman–Crippen LogP) is 2.91. The Kier molecular flexibility index (Phi) is 5.30. The Morgan fingerprint density at radius 2 is 1.63 bits per heavy atom. The third-order valence-corrected chi connectivity index (χ3v) is 3.01. The molecule has 0 spiro atoms. The van der Waals surface area contributed by atoms with Gasteiger partial charge in [-0.2, -0.15) is 0 Å². The fourth-order valence-electron chi connectivity index (χ4n) is 2.06. The van der Waals surface area contributed by atoms with Crippen molar-refractivity contribution >= 4 is 11.9 Å². The second-order valence-corrected chi connectivity index (χ2v) is 4.72. The van der Waals surface area contributed by atoms with Crippen molar-refractivity contribution in [3.63, 3.8) is 0 Å². The van der Waals surface area contributed by atoms with Crippen molar-refractivity contribution in [3.05, 3.63) is 47.5 Å². The van der Waals surface area contributed by atoms with Gasteiger partial charge in [0.05, 0.1) is 0 Å².